The largest absolute Gasteiger partial charge is 0.326 e. The minimum Gasteiger partial charge on any atom is -0.323 e. The lowest BCUT2D eigenvalue weighted by Gasteiger charge is -2.37. The number of hydrogen-bond donors (Lipinski definition) is 1. The molecule has 1 aliphatic carbocycles. The molecule has 1 aromatic heterocycles. The SMILES string of the molecule is CC[C@H]1c2ccsc2CCN1CN1C(=O)NC2(CCCCCC2)C1=O. The van der Waals surface area contributed by atoms with Gasteiger partial charge in [0.15, 0.2) is 0 Å². The number of nitrogens with one attached hydrogen (secondary N) is 1. The van der Waals surface area contributed by atoms with E-state index in [0.29, 0.717) is 12.7 Å². The Kier molecular flexibility index (Phi) is 4.58. The van der Waals surface area contributed by atoms with Crippen LogP contribution >= 0.6 is 11.3 Å². The number of urea groups is 1. The Morgan fingerprint density at radius 2 is 2.00 bits per heavy atom. The molecule has 3 amide bonds. The molecule has 1 aromatic rings. The number of nitrogens with zero attached hydrogens (tertiary/aromatic N) is 2. The lowest BCUT2D eigenvalue weighted by molar-refractivity contribution is -0.133. The second-order valence-electron chi connectivity index (χ2n) is 7.59. The zero-order valence-corrected chi connectivity index (χ0v) is 15.7. The Morgan fingerprint density at radius 1 is 1.24 bits per heavy atom. The minimum absolute atomic E-state index is 0.00497. The molecule has 2 aliphatic heterocycles. The number of carbonyl (C=O) groups is 2. The number of hydrogen-bond acceptors (Lipinski definition) is 4. The van der Waals surface area contributed by atoms with Gasteiger partial charge >= 0.3 is 6.03 Å². The molecule has 25 heavy (non-hydrogen) atoms. The van der Waals surface area contributed by atoms with Crippen molar-refractivity contribution in [2.75, 3.05) is 13.2 Å². The third-order valence-electron chi connectivity index (χ3n) is 6.12. The van der Waals surface area contributed by atoms with Crippen molar-refractivity contribution >= 4 is 23.3 Å². The molecule has 6 heteroatoms. The number of amides is 3. The van der Waals surface area contributed by atoms with Gasteiger partial charge in [-0.15, -0.1) is 11.3 Å². The fourth-order valence-electron chi connectivity index (χ4n) is 4.75. The van der Waals surface area contributed by atoms with Crippen molar-refractivity contribution in [3.63, 3.8) is 0 Å². The van der Waals surface area contributed by atoms with Gasteiger partial charge in [0.05, 0.1) is 6.67 Å². The van der Waals surface area contributed by atoms with Crippen LogP contribution in [0.15, 0.2) is 11.4 Å². The molecule has 0 aromatic carbocycles. The molecule has 5 nitrogen and oxygen atoms in total. The maximum absolute atomic E-state index is 13.1. The lowest BCUT2D eigenvalue weighted by Crippen LogP contribution is -2.48. The van der Waals surface area contributed by atoms with Gasteiger partial charge < -0.3 is 5.32 Å². The third-order valence-corrected chi connectivity index (χ3v) is 7.12. The Hall–Kier alpha value is -1.40. The molecule has 3 heterocycles. The summed E-state index contributed by atoms with van der Waals surface area (Å²) >= 11 is 1.82. The van der Waals surface area contributed by atoms with E-state index in [1.165, 1.54) is 15.3 Å². The standard InChI is InChI=1S/C19H27N3O2S/c1-2-15-14-8-12-25-16(14)7-11-21(15)13-22-17(23)19(20-18(22)24)9-5-3-4-6-10-19/h8,12,15H,2-7,9-11,13H2,1H3,(H,20,24)/t15-/m0/s1. The van der Waals surface area contributed by atoms with Crippen molar-refractivity contribution in [3.8, 4) is 0 Å². The Bertz CT molecular complexity index is 663. The summed E-state index contributed by atoms with van der Waals surface area (Å²) in [6.07, 6.45) is 7.97. The molecular formula is C19H27N3O2S. The summed E-state index contributed by atoms with van der Waals surface area (Å²) in [6, 6.07) is 2.32. The molecule has 136 valence electrons. The quantitative estimate of drug-likeness (QED) is 0.836. The van der Waals surface area contributed by atoms with Crippen LogP contribution in [0.2, 0.25) is 0 Å². The van der Waals surface area contributed by atoms with Gasteiger partial charge in [0.1, 0.15) is 5.54 Å². The molecule has 1 saturated heterocycles. The maximum Gasteiger partial charge on any atom is 0.326 e. The van der Waals surface area contributed by atoms with Gasteiger partial charge in [-0.2, -0.15) is 0 Å². The van der Waals surface area contributed by atoms with Gasteiger partial charge in [0, 0.05) is 17.5 Å². The first-order chi connectivity index (χ1) is 12.1. The van der Waals surface area contributed by atoms with Crippen molar-refractivity contribution in [2.24, 2.45) is 0 Å². The molecule has 1 atom stereocenters. The van der Waals surface area contributed by atoms with E-state index in [0.717, 1.165) is 57.9 Å². The fraction of sp³-hybridized carbons (Fsp3) is 0.684. The Balaban J connectivity index is 1.52. The van der Waals surface area contributed by atoms with Crippen molar-refractivity contribution in [3.05, 3.63) is 21.9 Å². The average Bonchev–Trinajstić information content (AvgIpc) is 3.07. The highest BCUT2D eigenvalue weighted by molar-refractivity contribution is 7.10. The van der Waals surface area contributed by atoms with E-state index in [1.54, 1.807) is 0 Å². The molecular weight excluding hydrogens is 334 g/mol. The van der Waals surface area contributed by atoms with Gasteiger partial charge in [-0.05, 0) is 42.7 Å². The highest BCUT2D eigenvalue weighted by Gasteiger charge is 2.51. The summed E-state index contributed by atoms with van der Waals surface area (Å²) in [5.41, 5.74) is 0.758. The van der Waals surface area contributed by atoms with Crippen LogP contribution in [-0.4, -0.2) is 40.5 Å². The van der Waals surface area contributed by atoms with Gasteiger partial charge in [0.25, 0.3) is 5.91 Å². The van der Waals surface area contributed by atoms with Crippen LogP contribution in [-0.2, 0) is 11.2 Å². The molecule has 4 rings (SSSR count). The smallest absolute Gasteiger partial charge is 0.323 e. The van der Waals surface area contributed by atoms with Crippen molar-refractivity contribution in [2.45, 2.75) is 69.9 Å². The monoisotopic (exact) mass is 361 g/mol. The second kappa shape index (κ2) is 6.72. The molecule has 1 N–H and O–H groups in total. The average molecular weight is 362 g/mol. The second-order valence-corrected chi connectivity index (χ2v) is 8.59. The number of carbonyl (C=O) groups excluding carboxylic acids is 2. The molecule has 0 unspecified atom stereocenters. The third kappa shape index (κ3) is 2.89. The van der Waals surface area contributed by atoms with Crippen LogP contribution in [0, 0.1) is 0 Å². The zero-order valence-electron chi connectivity index (χ0n) is 14.9. The summed E-state index contributed by atoms with van der Waals surface area (Å²) in [6.45, 7) is 3.51. The number of fused-ring (bicyclic) bond motifs is 1. The highest BCUT2D eigenvalue weighted by Crippen LogP contribution is 2.37. The molecule has 0 bridgehead atoms. The molecule has 2 fully saturated rings. The van der Waals surface area contributed by atoms with E-state index >= 15 is 0 Å². The zero-order chi connectivity index (χ0) is 17.4. The molecule has 0 radical (unpaired) electrons. The van der Waals surface area contributed by atoms with Gasteiger partial charge in [0.2, 0.25) is 0 Å². The van der Waals surface area contributed by atoms with Crippen molar-refractivity contribution in [1.82, 2.24) is 15.1 Å². The summed E-state index contributed by atoms with van der Waals surface area (Å²) in [7, 11) is 0. The van der Waals surface area contributed by atoms with Crippen LogP contribution in [0.3, 0.4) is 0 Å². The first-order valence-electron chi connectivity index (χ1n) is 9.59. The van der Waals surface area contributed by atoms with Gasteiger partial charge in [-0.3, -0.25) is 9.69 Å². The first kappa shape index (κ1) is 17.0. The lowest BCUT2D eigenvalue weighted by atomic mass is 9.90. The van der Waals surface area contributed by atoms with E-state index in [2.05, 4.69) is 28.6 Å². The van der Waals surface area contributed by atoms with E-state index in [4.69, 9.17) is 0 Å². The molecule has 3 aliphatic rings. The predicted octanol–water partition coefficient (Wildman–Crippen LogP) is 3.66. The minimum atomic E-state index is -0.626. The number of thiophene rings is 1. The maximum atomic E-state index is 13.1. The van der Waals surface area contributed by atoms with E-state index in [1.807, 2.05) is 11.3 Å². The number of rotatable bonds is 3. The van der Waals surface area contributed by atoms with Crippen LogP contribution in [0.1, 0.15) is 68.4 Å². The van der Waals surface area contributed by atoms with E-state index in [9.17, 15) is 9.59 Å². The van der Waals surface area contributed by atoms with E-state index in [-0.39, 0.29) is 11.9 Å². The Labute approximate surface area is 153 Å². The first-order valence-corrected chi connectivity index (χ1v) is 10.5. The van der Waals surface area contributed by atoms with Gasteiger partial charge in [-0.1, -0.05) is 32.6 Å². The normalized spacial score (nSPS) is 26.6. The summed E-state index contributed by atoms with van der Waals surface area (Å²) in [5.74, 6) is 0.00497. The van der Waals surface area contributed by atoms with Crippen LogP contribution < -0.4 is 5.32 Å². The van der Waals surface area contributed by atoms with Crippen LogP contribution in [0.5, 0.6) is 0 Å². The Morgan fingerprint density at radius 3 is 2.72 bits per heavy atom. The summed E-state index contributed by atoms with van der Waals surface area (Å²) in [4.78, 5) is 31.0. The number of imide groups is 1. The predicted molar refractivity (Wildman–Crippen MR) is 98.4 cm³/mol. The van der Waals surface area contributed by atoms with Crippen LogP contribution in [0.25, 0.3) is 0 Å². The summed E-state index contributed by atoms with van der Waals surface area (Å²) in [5, 5.41) is 5.22. The molecule has 1 spiro atoms. The summed E-state index contributed by atoms with van der Waals surface area (Å²) < 4.78 is 0. The topological polar surface area (TPSA) is 52.6 Å². The van der Waals surface area contributed by atoms with Gasteiger partial charge in [-0.25, -0.2) is 9.69 Å². The fourth-order valence-corrected chi connectivity index (χ4v) is 5.68. The van der Waals surface area contributed by atoms with E-state index < -0.39 is 5.54 Å². The van der Waals surface area contributed by atoms with Crippen LogP contribution in [0.4, 0.5) is 4.79 Å². The van der Waals surface area contributed by atoms with Crippen molar-refractivity contribution < 1.29 is 9.59 Å². The van der Waals surface area contributed by atoms with Crippen molar-refractivity contribution in [1.29, 1.82) is 0 Å². The molecule has 1 saturated carbocycles. The highest BCUT2D eigenvalue weighted by atomic mass is 32.1.